The number of ether oxygens (including phenoxy) is 1. The molecule has 0 radical (unpaired) electrons. The topological polar surface area (TPSA) is 15.8 Å². The first-order chi connectivity index (χ1) is 6.49. The Kier molecular flexibility index (Phi) is 2.61. The number of epoxide rings is 1. The van der Waals surface area contributed by atoms with E-state index in [0.717, 1.165) is 25.1 Å². The number of nitrogens with zero attached hydrogens (tertiary/aromatic N) is 1. The van der Waals surface area contributed by atoms with Gasteiger partial charge in [0.2, 0.25) is 0 Å². The normalized spacial score (nSPS) is 42.4. The van der Waals surface area contributed by atoms with Crippen molar-refractivity contribution in [3.63, 3.8) is 0 Å². The Morgan fingerprint density at radius 1 is 1.36 bits per heavy atom. The summed E-state index contributed by atoms with van der Waals surface area (Å²) in [4.78, 5) is 2.64. The molecular formula is C12H23NO. The van der Waals surface area contributed by atoms with Crippen LogP contribution in [0.15, 0.2) is 0 Å². The Bertz CT molecular complexity index is 210. The zero-order chi connectivity index (χ0) is 10.3. The van der Waals surface area contributed by atoms with Crippen LogP contribution in [-0.4, -0.2) is 35.7 Å². The molecule has 3 atom stereocenters. The number of likely N-dealkylation sites (tertiary alicyclic amines) is 1. The summed E-state index contributed by atoms with van der Waals surface area (Å²) >= 11 is 0. The summed E-state index contributed by atoms with van der Waals surface area (Å²) < 4.78 is 5.34. The standard InChI is InChI=1S/C12H23NO/c1-9-5-10(2)13(7-11-8-14-11)12(3,4)6-9/h9-11H,5-8H2,1-4H3/t9-,10-,11-/m1/s1. The van der Waals surface area contributed by atoms with Crippen molar-refractivity contribution in [2.24, 2.45) is 5.92 Å². The second-order valence-corrected chi connectivity index (χ2v) is 5.81. The Hall–Kier alpha value is -0.0800. The molecule has 0 amide bonds. The van der Waals surface area contributed by atoms with E-state index < -0.39 is 0 Å². The van der Waals surface area contributed by atoms with Crippen molar-refractivity contribution in [1.82, 2.24) is 4.90 Å². The highest BCUT2D eigenvalue weighted by Crippen LogP contribution is 2.35. The molecule has 2 heteroatoms. The molecule has 2 aliphatic heterocycles. The predicted octanol–water partition coefficient (Wildman–Crippen LogP) is 2.28. The van der Waals surface area contributed by atoms with Gasteiger partial charge in [-0.3, -0.25) is 4.90 Å². The first-order valence-electron chi connectivity index (χ1n) is 5.87. The minimum atomic E-state index is 0.364. The fourth-order valence-electron chi connectivity index (χ4n) is 3.18. The van der Waals surface area contributed by atoms with Gasteiger partial charge >= 0.3 is 0 Å². The number of hydrogen-bond acceptors (Lipinski definition) is 2. The number of piperidine rings is 1. The average Bonchev–Trinajstić information content (AvgIpc) is 2.78. The van der Waals surface area contributed by atoms with E-state index in [0.29, 0.717) is 11.6 Å². The molecule has 0 bridgehead atoms. The first kappa shape index (κ1) is 10.4. The molecule has 2 nitrogen and oxygen atoms in total. The second kappa shape index (κ2) is 3.49. The third-order valence-corrected chi connectivity index (χ3v) is 3.70. The average molecular weight is 197 g/mol. The van der Waals surface area contributed by atoms with E-state index in [2.05, 4.69) is 32.6 Å². The van der Waals surface area contributed by atoms with E-state index in [1.54, 1.807) is 0 Å². The number of rotatable bonds is 2. The largest absolute Gasteiger partial charge is 0.372 e. The maximum atomic E-state index is 5.34. The van der Waals surface area contributed by atoms with Crippen LogP contribution >= 0.6 is 0 Å². The minimum absolute atomic E-state index is 0.364. The Labute approximate surface area is 87.6 Å². The fourth-order valence-corrected chi connectivity index (χ4v) is 3.18. The third kappa shape index (κ3) is 2.12. The molecule has 0 unspecified atom stereocenters. The van der Waals surface area contributed by atoms with Crippen LogP contribution in [-0.2, 0) is 4.74 Å². The van der Waals surface area contributed by atoms with Crippen molar-refractivity contribution >= 4 is 0 Å². The van der Waals surface area contributed by atoms with Crippen molar-refractivity contribution < 1.29 is 4.74 Å². The predicted molar refractivity (Wildman–Crippen MR) is 58.4 cm³/mol. The van der Waals surface area contributed by atoms with E-state index in [1.807, 2.05) is 0 Å². The molecule has 2 aliphatic rings. The molecule has 2 saturated heterocycles. The van der Waals surface area contributed by atoms with Crippen molar-refractivity contribution in [1.29, 1.82) is 0 Å². The summed E-state index contributed by atoms with van der Waals surface area (Å²) in [5.41, 5.74) is 0.364. The first-order valence-corrected chi connectivity index (χ1v) is 5.87. The van der Waals surface area contributed by atoms with Gasteiger partial charge in [-0.25, -0.2) is 0 Å². The smallest absolute Gasteiger partial charge is 0.0936 e. The third-order valence-electron chi connectivity index (χ3n) is 3.70. The van der Waals surface area contributed by atoms with Gasteiger partial charge in [0.1, 0.15) is 0 Å². The van der Waals surface area contributed by atoms with Crippen molar-refractivity contribution in [2.45, 2.75) is 58.2 Å². The van der Waals surface area contributed by atoms with E-state index >= 15 is 0 Å². The maximum Gasteiger partial charge on any atom is 0.0936 e. The lowest BCUT2D eigenvalue weighted by Gasteiger charge is -2.49. The summed E-state index contributed by atoms with van der Waals surface area (Å²) in [5, 5.41) is 0. The second-order valence-electron chi connectivity index (χ2n) is 5.81. The van der Waals surface area contributed by atoms with Gasteiger partial charge in [0, 0.05) is 18.1 Å². The van der Waals surface area contributed by atoms with Crippen LogP contribution in [0.2, 0.25) is 0 Å². The van der Waals surface area contributed by atoms with Crippen molar-refractivity contribution in [3.8, 4) is 0 Å². The van der Waals surface area contributed by atoms with Gasteiger partial charge in [-0.15, -0.1) is 0 Å². The van der Waals surface area contributed by atoms with Crippen LogP contribution in [0.1, 0.15) is 40.5 Å². The molecule has 2 fully saturated rings. The molecule has 82 valence electrons. The van der Waals surface area contributed by atoms with E-state index in [9.17, 15) is 0 Å². The summed E-state index contributed by atoms with van der Waals surface area (Å²) in [6, 6.07) is 0.720. The van der Waals surface area contributed by atoms with Crippen LogP contribution < -0.4 is 0 Å². The summed E-state index contributed by atoms with van der Waals surface area (Å²) in [6.45, 7) is 11.6. The van der Waals surface area contributed by atoms with Gasteiger partial charge in [0.15, 0.2) is 0 Å². The van der Waals surface area contributed by atoms with E-state index in [1.165, 1.54) is 12.8 Å². The highest BCUT2D eigenvalue weighted by molar-refractivity contribution is 4.94. The van der Waals surface area contributed by atoms with Crippen molar-refractivity contribution in [3.05, 3.63) is 0 Å². The molecule has 2 heterocycles. The number of hydrogen-bond donors (Lipinski definition) is 0. The molecule has 0 saturated carbocycles. The molecule has 0 N–H and O–H groups in total. The monoisotopic (exact) mass is 197 g/mol. The lowest BCUT2D eigenvalue weighted by atomic mass is 9.80. The molecule has 14 heavy (non-hydrogen) atoms. The molecule has 0 spiro atoms. The molecule has 0 aromatic heterocycles. The van der Waals surface area contributed by atoms with Crippen LogP contribution in [0.3, 0.4) is 0 Å². The lowest BCUT2D eigenvalue weighted by Crippen LogP contribution is -2.55. The van der Waals surface area contributed by atoms with Gasteiger partial charge in [0.25, 0.3) is 0 Å². The van der Waals surface area contributed by atoms with E-state index in [-0.39, 0.29) is 0 Å². The Morgan fingerprint density at radius 2 is 2.00 bits per heavy atom. The Morgan fingerprint density at radius 3 is 2.50 bits per heavy atom. The molecular weight excluding hydrogens is 174 g/mol. The van der Waals surface area contributed by atoms with Gasteiger partial charge in [-0.2, -0.15) is 0 Å². The van der Waals surface area contributed by atoms with Gasteiger partial charge < -0.3 is 4.74 Å². The Balaban J connectivity index is 2.02. The zero-order valence-corrected chi connectivity index (χ0v) is 9.92. The quantitative estimate of drug-likeness (QED) is 0.631. The maximum absolute atomic E-state index is 5.34. The van der Waals surface area contributed by atoms with Crippen LogP contribution in [0.5, 0.6) is 0 Å². The summed E-state index contributed by atoms with van der Waals surface area (Å²) in [7, 11) is 0. The fraction of sp³-hybridized carbons (Fsp3) is 1.00. The molecule has 0 aromatic rings. The SMILES string of the molecule is C[C@@H]1C[C@@H](C)N(C[C@@H]2CO2)C(C)(C)C1. The lowest BCUT2D eigenvalue weighted by molar-refractivity contribution is 0.00324. The minimum Gasteiger partial charge on any atom is -0.372 e. The van der Waals surface area contributed by atoms with Gasteiger partial charge in [0.05, 0.1) is 12.7 Å². The highest BCUT2D eigenvalue weighted by atomic mass is 16.6. The molecule has 2 rings (SSSR count). The zero-order valence-electron chi connectivity index (χ0n) is 9.92. The van der Waals surface area contributed by atoms with Gasteiger partial charge in [-0.1, -0.05) is 6.92 Å². The van der Waals surface area contributed by atoms with Gasteiger partial charge in [-0.05, 0) is 39.5 Å². The van der Waals surface area contributed by atoms with Crippen LogP contribution in [0, 0.1) is 5.92 Å². The summed E-state index contributed by atoms with van der Waals surface area (Å²) in [6.07, 6.45) is 3.20. The summed E-state index contributed by atoms with van der Waals surface area (Å²) in [5.74, 6) is 0.872. The van der Waals surface area contributed by atoms with Crippen LogP contribution in [0.4, 0.5) is 0 Å². The molecule has 0 aromatic carbocycles. The highest BCUT2D eigenvalue weighted by Gasteiger charge is 2.40. The van der Waals surface area contributed by atoms with Crippen molar-refractivity contribution in [2.75, 3.05) is 13.2 Å². The molecule has 0 aliphatic carbocycles. The van der Waals surface area contributed by atoms with Crippen LogP contribution in [0.25, 0.3) is 0 Å². The van der Waals surface area contributed by atoms with E-state index in [4.69, 9.17) is 4.74 Å².